The molecule has 0 radical (unpaired) electrons. The zero-order valence-electron chi connectivity index (χ0n) is 9.71. The van der Waals surface area contributed by atoms with Gasteiger partial charge in [-0.1, -0.05) is 6.07 Å². The van der Waals surface area contributed by atoms with Crippen molar-refractivity contribution in [2.24, 2.45) is 0 Å². The monoisotopic (exact) mass is 325 g/mol. The van der Waals surface area contributed by atoms with E-state index in [1.165, 1.54) is 7.11 Å². The number of hydrogen-bond acceptors (Lipinski definition) is 2. The first-order valence-corrected chi connectivity index (χ1v) is 5.69. The first-order valence-electron chi connectivity index (χ1n) is 4.90. The lowest BCUT2D eigenvalue weighted by molar-refractivity contribution is -0.184. The largest absolute Gasteiger partial charge is 0.496 e. The summed E-state index contributed by atoms with van der Waals surface area (Å²) < 4.78 is 42.2. The molecule has 1 aromatic rings. The quantitative estimate of drug-likeness (QED) is 0.855. The number of ether oxygens (including phenoxy) is 1. The molecule has 0 heterocycles. The Morgan fingerprint density at radius 1 is 1.44 bits per heavy atom. The normalized spacial score (nSPS) is 11.2. The number of rotatable bonds is 3. The van der Waals surface area contributed by atoms with Gasteiger partial charge in [0.15, 0.2) is 0 Å². The molecular weight excluding hydrogens is 315 g/mol. The summed E-state index contributed by atoms with van der Waals surface area (Å²) in [7, 11) is 2.59. The zero-order valence-corrected chi connectivity index (χ0v) is 11.3. The summed E-state index contributed by atoms with van der Waals surface area (Å²) in [5.41, 5.74) is 0.572. The Hall–Kier alpha value is -1.24. The Kier molecular flexibility index (Phi) is 4.61. The molecule has 1 aromatic carbocycles. The smallest absolute Gasteiger partial charge is 0.471 e. The van der Waals surface area contributed by atoms with Gasteiger partial charge in [0.05, 0.1) is 11.6 Å². The van der Waals surface area contributed by atoms with Crippen molar-refractivity contribution in [2.75, 3.05) is 14.2 Å². The van der Waals surface area contributed by atoms with Gasteiger partial charge in [0, 0.05) is 13.6 Å². The fraction of sp³-hybridized carbons (Fsp3) is 0.364. The third-order valence-corrected chi connectivity index (χ3v) is 2.84. The van der Waals surface area contributed by atoms with Gasteiger partial charge < -0.3 is 9.64 Å². The van der Waals surface area contributed by atoms with Crippen LogP contribution in [0.15, 0.2) is 22.7 Å². The van der Waals surface area contributed by atoms with Gasteiger partial charge in [-0.3, -0.25) is 4.79 Å². The number of hydrogen-bond donors (Lipinski definition) is 0. The van der Waals surface area contributed by atoms with Crippen molar-refractivity contribution < 1.29 is 22.7 Å². The van der Waals surface area contributed by atoms with Crippen molar-refractivity contribution in [3.8, 4) is 5.75 Å². The predicted molar refractivity (Wildman–Crippen MR) is 63.2 cm³/mol. The van der Waals surface area contributed by atoms with Gasteiger partial charge in [0.1, 0.15) is 5.75 Å². The number of carbonyl (C=O) groups is 1. The third-order valence-electron chi connectivity index (χ3n) is 2.23. The molecule has 0 aliphatic rings. The number of benzene rings is 1. The van der Waals surface area contributed by atoms with Crippen LogP contribution in [0, 0.1) is 0 Å². The molecule has 0 aromatic heterocycles. The molecule has 18 heavy (non-hydrogen) atoms. The second-order valence-corrected chi connectivity index (χ2v) is 4.48. The minimum atomic E-state index is -4.85. The molecule has 0 fully saturated rings. The first-order chi connectivity index (χ1) is 8.25. The molecule has 7 heteroatoms. The maximum absolute atomic E-state index is 12.2. The van der Waals surface area contributed by atoms with E-state index in [-0.39, 0.29) is 6.54 Å². The highest BCUT2D eigenvalue weighted by molar-refractivity contribution is 9.10. The summed E-state index contributed by atoms with van der Waals surface area (Å²) >= 11 is 3.22. The summed E-state index contributed by atoms with van der Waals surface area (Å²) in [5, 5.41) is 0. The van der Waals surface area contributed by atoms with Crippen LogP contribution in [0.4, 0.5) is 13.2 Å². The van der Waals surface area contributed by atoms with Gasteiger partial charge in [-0.15, -0.1) is 0 Å². The Labute approximate surface area is 111 Å². The number of nitrogens with zero attached hydrogens (tertiary/aromatic N) is 1. The van der Waals surface area contributed by atoms with Crippen molar-refractivity contribution in [3.63, 3.8) is 0 Å². The lowest BCUT2D eigenvalue weighted by Crippen LogP contribution is -2.37. The molecular formula is C11H11BrF3NO2. The lowest BCUT2D eigenvalue weighted by Gasteiger charge is -2.19. The maximum atomic E-state index is 12.2. The van der Waals surface area contributed by atoms with Crippen LogP contribution in [0.1, 0.15) is 5.56 Å². The van der Waals surface area contributed by atoms with Crippen LogP contribution < -0.4 is 4.74 Å². The van der Waals surface area contributed by atoms with Gasteiger partial charge in [0.2, 0.25) is 0 Å². The van der Waals surface area contributed by atoms with E-state index in [1.807, 2.05) is 0 Å². The van der Waals surface area contributed by atoms with Crippen LogP contribution in [-0.2, 0) is 11.3 Å². The van der Waals surface area contributed by atoms with E-state index in [0.717, 1.165) is 7.05 Å². The average molecular weight is 326 g/mol. The van der Waals surface area contributed by atoms with E-state index in [4.69, 9.17) is 4.74 Å². The molecule has 3 nitrogen and oxygen atoms in total. The molecule has 1 rings (SSSR count). The molecule has 0 aliphatic carbocycles. The Balaban J connectivity index is 2.80. The van der Waals surface area contributed by atoms with Crippen molar-refractivity contribution >= 4 is 21.8 Å². The van der Waals surface area contributed by atoms with Gasteiger partial charge in [-0.25, -0.2) is 0 Å². The molecule has 0 atom stereocenters. The number of halogens is 4. The summed E-state index contributed by atoms with van der Waals surface area (Å²) in [6.07, 6.45) is -4.85. The number of carbonyl (C=O) groups excluding carboxylic acids is 1. The van der Waals surface area contributed by atoms with Gasteiger partial charge in [0.25, 0.3) is 0 Å². The molecule has 0 saturated heterocycles. The summed E-state index contributed by atoms with van der Waals surface area (Å²) in [6.45, 7) is -0.124. The Morgan fingerprint density at radius 2 is 2.06 bits per heavy atom. The maximum Gasteiger partial charge on any atom is 0.471 e. The van der Waals surface area contributed by atoms with Crippen molar-refractivity contribution in [1.82, 2.24) is 4.90 Å². The molecule has 0 saturated carbocycles. The zero-order chi connectivity index (χ0) is 13.9. The van der Waals surface area contributed by atoms with Crippen molar-refractivity contribution in [2.45, 2.75) is 12.7 Å². The van der Waals surface area contributed by atoms with Crippen LogP contribution in [-0.4, -0.2) is 31.1 Å². The van der Waals surface area contributed by atoms with E-state index in [2.05, 4.69) is 15.9 Å². The molecule has 0 bridgehead atoms. The van der Waals surface area contributed by atoms with Crippen LogP contribution >= 0.6 is 15.9 Å². The van der Waals surface area contributed by atoms with Crippen molar-refractivity contribution in [3.05, 3.63) is 28.2 Å². The van der Waals surface area contributed by atoms with Gasteiger partial charge >= 0.3 is 12.1 Å². The van der Waals surface area contributed by atoms with Gasteiger partial charge in [-0.05, 0) is 33.6 Å². The van der Waals surface area contributed by atoms with E-state index in [1.54, 1.807) is 18.2 Å². The Bertz CT molecular complexity index is 448. The molecule has 0 N–H and O–H groups in total. The van der Waals surface area contributed by atoms with Crippen LogP contribution in [0.25, 0.3) is 0 Å². The van der Waals surface area contributed by atoms with E-state index >= 15 is 0 Å². The number of amides is 1. The van der Waals surface area contributed by atoms with Crippen LogP contribution in [0.2, 0.25) is 0 Å². The highest BCUT2D eigenvalue weighted by Gasteiger charge is 2.41. The van der Waals surface area contributed by atoms with Gasteiger partial charge in [-0.2, -0.15) is 13.2 Å². The summed E-state index contributed by atoms with van der Waals surface area (Å²) in [6, 6.07) is 4.83. The topological polar surface area (TPSA) is 29.5 Å². The van der Waals surface area contributed by atoms with E-state index in [9.17, 15) is 18.0 Å². The van der Waals surface area contributed by atoms with E-state index in [0.29, 0.717) is 20.7 Å². The van der Waals surface area contributed by atoms with Crippen LogP contribution in [0.3, 0.4) is 0 Å². The lowest BCUT2D eigenvalue weighted by atomic mass is 10.2. The fourth-order valence-electron chi connectivity index (χ4n) is 1.37. The molecule has 1 amide bonds. The second kappa shape index (κ2) is 5.60. The highest BCUT2D eigenvalue weighted by Crippen LogP contribution is 2.26. The minimum Gasteiger partial charge on any atom is -0.496 e. The molecule has 100 valence electrons. The molecule has 0 aliphatic heterocycles. The summed E-state index contributed by atoms with van der Waals surface area (Å²) in [5.74, 6) is -1.29. The summed E-state index contributed by atoms with van der Waals surface area (Å²) in [4.78, 5) is 11.6. The predicted octanol–water partition coefficient (Wildman–Crippen LogP) is 2.98. The second-order valence-electron chi connectivity index (χ2n) is 3.63. The fourth-order valence-corrected chi connectivity index (χ4v) is 1.96. The minimum absolute atomic E-state index is 0.124. The average Bonchev–Trinajstić information content (AvgIpc) is 2.27. The highest BCUT2D eigenvalue weighted by atomic mass is 79.9. The standard InChI is InChI=1S/C11H11BrF3NO2/c1-16(10(17)11(13,14)15)6-7-3-4-9(18-2)8(12)5-7/h3-5H,6H2,1-2H3. The van der Waals surface area contributed by atoms with Crippen LogP contribution in [0.5, 0.6) is 5.75 Å². The molecule has 0 spiro atoms. The SMILES string of the molecule is COc1ccc(CN(C)C(=O)C(F)(F)F)cc1Br. The molecule has 0 unspecified atom stereocenters. The number of methoxy groups -OCH3 is 1. The Morgan fingerprint density at radius 3 is 2.50 bits per heavy atom. The van der Waals surface area contributed by atoms with Crippen molar-refractivity contribution in [1.29, 1.82) is 0 Å². The first kappa shape index (κ1) is 14.8. The number of alkyl halides is 3. The van der Waals surface area contributed by atoms with E-state index < -0.39 is 12.1 Å². The third kappa shape index (κ3) is 3.63.